The second-order valence-corrected chi connectivity index (χ2v) is 3.98. The smallest absolute Gasteiger partial charge is 0.220 e. The molecular formula is C8H16N2O2. The molecule has 4 heteroatoms. The highest BCUT2D eigenvalue weighted by Crippen LogP contribution is 2.33. The third-order valence-corrected chi connectivity index (χ3v) is 2.74. The van der Waals surface area contributed by atoms with Crippen molar-refractivity contribution in [2.24, 2.45) is 5.73 Å². The van der Waals surface area contributed by atoms with Crippen LogP contribution in [0.25, 0.3) is 0 Å². The molecule has 0 radical (unpaired) electrons. The van der Waals surface area contributed by atoms with Crippen LogP contribution in [-0.2, 0) is 4.79 Å². The molecule has 0 aliphatic carbocycles. The Kier molecular flexibility index (Phi) is 2.14. The third kappa shape index (κ3) is 1.44. The highest BCUT2D eigenvalue weighted by molar-refractivity contribution is 5.75. The summed E-state index contributed by atoms with van der Waals surface area (Å²) >= 11 is 0. The van der Waals surface area contributed by atoms with E-state index in [2.05, 4.69) is 5.32 Å². The van der Waals surface area contributed by atoms with E-state index in [0.29, 0.717) is 6.42 Å². The quantitative estimate of drug-likeness (QED) is 0.519. The van der Waals surface area contributed by atoms with Crippen LogP contribution in [0.15, 0.2) is 0 Å². The third-order valence-electron chi connectivity index (χ3n) is 2.74. The molecule has 1 amide bonds. The molecule has 1 fully saturated rings. The summed E-state index contributed by atoms with van der Waals surface area (Å²) in [5.41, 5.74) is 3.66. The van der Waals surface area contributed by atoms with E-state index in [1.54, 1.807) is 0 Å². The summed E-state index contributed by atoms with van der Waals surface area (Å²) in [6, 6.07) is 0. The van der Waals surface area contributed by atoms with E-state index in [4.69, 9.17) is 5.73 Å². The number of hydrogen-bond donors (Lipinski definition) is 3. The van der Waals surface area contributed by atoms with Crippen LogP contribution >= 0.6 is 0 Å². The van der Waals surface area contributed by atoms with Crippen LogP contribution in [0.1, 0.15) is 26.7 Å². The first kappa shape index (κ1) is 9.48. The zero-order valence-corrected chi connectivity index (χ0v) is 7.55. The number of nitrogens with two attached hydrogens (primary N) is 1. The number of amides is 1. The summed E-state index contributed by atoms with van der Waals surface area (Å²) in [4.78, 5) is 10.7. The molecule has 0 aromatic rings. The van der Waals surface area contributed by atoms with Gasteiger partial charge in [-0.05, 0) is 26.8 Å². The molecule has 1 heterocycles. The molecule has 4 N–H and O–H groups in total. The number of carbonyl (C=O) groups excluding carboxylic acids is 1. The summed E-state index contributed by atoms with van der Waals surface area (Å²) in [6.07, 6.45) is 0.621. The Bertz CT molecular complexity index is 203. The Balaban J connectivity index is 2.75. The minimum absolute atomic E-state index is 0.0347. The number of nitrogens with one attached hydrogen (secondary N) is 1. The largest absolute Gasteiger partial charge is 0.387 e. The lowest BCUT2D eigenvalue weighted by molar-refractivity contribution is -0.125. The molecule has 1 saturated heterocycles. The molecule has 1 aliphatic heterocycles. The predicted octanol–water partition coefficient (Wildman–Crippen LogP) is -0.635. The van der Waals surface area contributed by atoms with Gasteiger partial charge in [0, 0.05) is 5.54 Å². The van der Waals surface area contributed by atoms with E-state index >= 15 is 0 Å². The van der Waals surface area contributed by atoms with E-state index in [1.807, 2.05) is 13.8 Å². The van der Waals surface area contributed by atoms with Gasteiger partial charge in [0.2, 0.25) is 5.91 Å². The van der Waals surface area contributed by atoms with Crippen molar-refractivity contribution in [3.8, 4) is 0 Å². The average molecular weight is 172 g/mol. The van der Waals surface area contributed by atoms with Crippen LogP contribution in [0.3, 0.4) is 0 Å². The summed E-state index contributed by atoms with van der Waals surface area (Å²) in [6.45, 7) is 4.49. The number of aliphatic hydroxyl groups is 1. The standard InChI is InChI=1S/C8H16N2O2/c1-7(2)8(12,3-4-10-7)5-6(9)11/h10,12H,3-5H2,1-2H3,(H2,9,11). The molecule has 4 nitrogen and oxygen atoms in total. The van der Waals surface area contributed by atoms with Crippen LogP contribution in [0.2, 0.25) is 0 Å². The monoisotopic (exact) mass is 172 g/mol. The molecule has 1 rings (SSSR count). The zero-order chi connectivity index (χ0) is 9.41. The molecule has 12 heavy (non-hydrogen) atoms. The maximum absolute atomic E-state index is 10.7. The summed E-state index contributed by atoms with van der Waals surface area (Å²) in [5.74, 6) is -0.450. The fourth-order valence-corrected chi connectivity index (χ4v) is 1.66. The summed E-state index contributed by atoms with van der Waals surface area (Å²) in [5, 5.41) is 13.2. The average Bonchev–Trinajstić information content (AvgIpc) is 2.05. The summed E-state index contributed by atoms with van der Waals surface area (Å²) < 4.78 is 0. The molecule has 0 bridgehead atoms. The highest BCUT2D eigenvalue weighted by Gasteiger charge is 2.48. The molecule has 0 saturated carbocycles. The van der Waals surface area contributed by atoms with Gasteiger partial charge < -0.3 is 16.2 Å². The van der Waals surface area contributed by atoms with Crippen molar-refractivity contribution in [3.05, 3.63) is 0 Å². The van der Waals surface area contributed by atoms with Crippen LogP contribution in [-0.4, -0.2) is 28.7 Å². The first-order chi connectivity index (χ1) is 5.37. The Labute approximate surface area is 72.1 Å². The second kappa shape index (κ2) is 2.71. The van der Waals surface area contributed by atoms with Crippen molar-refractivity contribution in [1.29, 1.82) is 0 Å². The van der Waals surface area contributed by atoms with Gasteiger partial charge in [0.05, 0.1) is 12.0 Å². The van der Waals surface area contributed by atoms with Crippen molar-refractivity contribution in [1.82, 2.24) is 5.32 Å². The van der Waals surface area contributed by atoms with Crippen molar-refractivity contribution >= 4 is 5.91 Å². The van der Waals surface area contributed by atoms with Gasteiger partial charge in [-0.1, -0.05) is 0 Å². The van der Waals surface area contributed by atoms with Gasteiger partial charge in [0.1, 0.15) is 0 Å². The van der Waals surface area contributed by atoms with Gasteiger partial charge in [-0.2, -0.15) is 0 Å². The highest BCUT2D eigenvalue weighted by atomic mass is 16.3. The van der Waals surface area contributed by atoms with Crippen molar-refractivity contribution in [2.75, 3.05) is 6.54 Å². The molecule has 0 spiro atoms. The van der Waals surface area contributed by atoms with Crippen molar-refractivity contribution < 1.29 is 9.90 Å². The Morgan fingerprint density at radius 2 is 2.25 bits per heavy atom. The van der Waals surface area contributed by atoms with E-state index in [-0.39, 0.29) is 6.42 Å². The molecule has 0 aromatic carbocycles. The number of hydrogen-bond acceptors (Lipinski definition) is 3. The van der Waals surface area contributed by atoms with E-state index in [1.165, 1.54) is 0 Å². The Hall–Kier alpha value is -0.610. The van der Waals surface area contributed by atoms with E-state index < -0.39 is 17.0 Å². The van der Waals surface area contributed by atoms with Crippen LogP contribution in [0, 0.1) is 0 Å². The zero-order valence-electron chi connectivity index (χ0n) is 7.55. The maximum atomic E-state index is 10.7. The number of rotatable bonds is 2. The minimum Gasteiger partial charge on any atom is -0.387 e. The lowest BCUT2D eigenvalue weighted by Crippen LogP contribution is -2.53. The van der Waals surface area contributed by atoms with E-state index in [0.717, 1.165) is 6.54 Å². The fourth-order valence-electron chi connectivity index (χ4n) is 1.66. The first-order valence-electron chi connectivity index (χ1n) is 4.13. The maximum Gasteiger partial charge on any atom is 0.220 e. The fraction of sp³-hybridized carbons (Fsp3) is 0.875. The normalized spacial score (nSPS) is 33.6. The molecule has 0 aromatic heterocycles. The van der Waals surface area contributed by atoms with Crippen LogP contribution in [0.4, 0.5) is 0 Å². The lowest BCUT2D eigenvalue weighted by atomic mass is 9.81. The van der Waals surface area contributed by atoms with Crippen LogP contribution < -0.4 is 11.1 Å². The van der Waals surface area contributed by atoms with E-state index in [9.17, 15) is 9.90 Å². The Morgan fingerprint density at radius 1 is 1.67 bits per heavy atom. The summed E-state index contributed by atoms with van der Waals surface area (Å²) in [7, 11) is 0. The SMILES string of the molecule is CC1(C)NCCC1(O)CC(N)=O. The molecule has 70 valence electrons. The van der Waals surface area contributed by atoms with Gasteiger partial charge >= 0.3 is 0 Å². The van der Waals surface area contributed by atoms with Crippen molar-refractivity contribution in [2.45, 2.75) is 37.8 Å². The van der Waals surface area contributed by atoms with Gasteiger partial charge in [-0.15, -0.1) is 0 Å². The molecule has 1 aliphatic rings. The predicted molar refractivity (Wildman–Crippen MR) is 45.5 cm³/mol. The lowest BCUT2D eigenvalue weighted by Gasteiger charge is -2.35. The second-order valence-electron chi connectivity index (χ2n) is 3.98. The van der Waals surface area contributed by atoms with Gasteiger partial charge in [0.15, 0.2) is 0 Å². The minimum atomic E-state index is -0.973. The Morgan fingerprint density at radius 3 is 2.58 bits per heavy atom. The topological polar surface area (TPSA) is 75.3 Å². The molecular weight excluding hydrogens is 156 g/mol. The van der Waals surface area contributed by atoms with Gasteiger partial charge in [-0.3, -0.25) is 4.79 Å². The van der Waals surface area contributed by atoms with Crippen molar-refractivity contribution in [3.63, 3.8) is 0 Å². The molecule has 1 atom stereocenters. The van der Waals surface area contributed by atoms with Gasteiger partial charge in [-0.25, -0.2) is 0 Å². The number of carbonyl (C=O) groups is 1. The molecule has 1 unspecified atom stereocenters. The van der Waals surface area contributed by atoms with Crippen LogP contribution in [0.5, 0.6) is 0 Å². The first-order valence-corrected chi connectivity index (χ1v) is 4.13. The number of primary amides is 1. The van der Waals surface area contributed by atoms with Gasteiger partial charge in [0.25, 0.3) is 0 Å².